The number of hydrogen-bond acceptors (Lipinski definition) is 9. The number of benzene rings is 1. The van der Waals surface area contributed by atoms with Gasteiger partial charge in [-0.05, 0) is 24.6 Å². The molecule has 0 bridgehead atoms. The van der Waals surface area contributed by atoms with Crippen molar-refractivity contribution in [2.24, 2.45) is 14.1 Å². The molecule has 1 aromatic carbocycles. The number of ether oxygens (including phenoxy) is 1. The van der Waals surface area contributed by atoms with E-state index in [1.807, 2.05) is 25.1 Å². The Kier molecular flexibility index (Phi) is 5.44. The zero-order valence-electron chi connectivity index (χ0n) is 19.5. The van der Waals surface area contributed by atoms with E-state index >= 15 is 0 Å². The molecule has 1 N–H and O–H groups in total. The van der Waals surface area contributed by atoms with Gasteiger partial charge in [0, 0.05) is 45.8 Å². The third-order valence-electron chi connectivity index (χ3n) is 6.14. The molecule has 1 aliphatic rings. The van der Waals surface area contributed by atoms with Crippen molar-refractivity contribution in [1.29, 1.82) is 0 Å². The lowest BCUT2D eigenvalue weighted by atomic mass is 10.1. The summed E-state index contributed by atoms with van der Waals surface area (Å²) < 4.78 is 15.6. The zero-order chi connectivity index (χ0) is 24.0. The van der Waals surface area contributed by atoms with Gasteiger partial charge >= 0.3 is 5.69 Å². The van der Waals surface area contributed by atoms with Gasteiger partial charge < -0.3 is 19.4 Å². The lowest BCUT2D eigenvalue weighted by Crippen LogP contribution is -2.44. The molecule has 4 aromatic rings. The van der Waals surface area contributed by atoms with Gasteiger partial charge in [0.05, 0.1) is 7.11 Å². The zero-order valence-corrected chi connectivity index (χ0v) is 19.5. The van der Waals surface area contributed by atoms with Gasteiger partial charge in [0.1, 0.15) is 12.3 Å². The molecular weight excluding hydrogens is 440 g/mol. The van der Waals surface area contributed by atoms with Gasteiger partial charge in [-0.1, -0.05) is 6.07 Å². The van der Waals surface area contributed by atoms with Crippen LogP contribution < -0.4 is 26.2 Å². The second-order valence-corrected chi connectivity index (χ2v) is 8.30. The van der Waals surface area contributed by atoms with E-state index in [2.05, 4.69) is 20.4 Å². The molecule has 0 atom stereocenters. The SMILES string of the molecule is COc1cc(-c2nnc(Cn3c(N4CCNCC4)nc4c3c(=O)n(C)c(=O)n4C)o2)ccc1C. The molecule has 3 aromatic heterocycles. The van der Waals surface area contributed by atoms with E-state index in [1.54, 1.807) is 18.7 Å². The number of methoxy groups -OCH3 is 1. The van der Waals surface area contributed by atoms with Crippen LogP contribution in [0.1, 0.15) is 11.5 Å². The molecule has 34 heavy (non-hydrogen) atoms. The summed E-state index contributed by atoms with van der Waals surface area (Å²) in [4.78, 5) is 32.4. The van der Waals surface area contributed by atoms with Gasteiger partial charge in [-0.2, -0.15) is 4.98 Å². The highest BCUT2D eigenvalue weighted by atomic mass is 16.5. The minimum Gasteiger partial charge on any atom is -0.496 e. The van der Waals surface area contributed by atoms with E-state index in [-0.39, 0.29) is 6.54 Å². The predicted molar refractivity (Wildman–Crippen MR) is 125 cm³/mol. The molecule has 4 heterocycles. The molecular formula is C22H26N8O4. The smallest absolute Gasteiger partial charge is 0.332 e. The molecule has 178 valence electrons. The summed E-state index contributed by atoms with van der Waals surface area (Å²) in [5.41, 5.74) is 1.52. The summed E-state index contributed by atoms with van der Waals surface area (Å²) in [7, 11) is 4.68. The molecule has 5 rings (SSSR count). The van der Waals surface area contributed by atoms with Crippen molar-refractivity contribution in [3.8, 4) is 17.2 Å². The summed E-state index contributed by atoms with van der Waals surface area (Å²) in [6.07, 6.45) is 0. The number of nitrogens with zero attached hydrogens (tertiary/aromatic N) is 7. The first-order valence-corrected chi connectivity index (χ1v) is 11.0. The third kappa shape index (κ3) is 3.55. The van der Waals surface area contributed by atoms with Crippen LogP contribution in [0.25, 0.3) is 22.6 Å². The van der Waals surface area contributed by atoms with Gasteiger partial charge in [-0.25, -0.2) is 4.79 Å². The van der Waals surface area contributed by atoms with Crippen LogP contribution >= 0.6 is 0 Å². The molecule has 12 heteroatoms. The number of aromatic nitrogens is 6. The van der Waals surface area contributed by atoms with Crippen LogP contribution in [0.15, 0.2) is 32.2 Å². The lowest BCUT2D eigenvalue weighted by Gasteiger charge is -2.28. The standard InChI is InChI=1S/C22H26N8O4/c1-13-5-6-14(11-15(13)33-4)19-26-25-16(34-19)12-30-17-18(27(2)22(32)28(3)20(17)31)24-21(30)29-9-7-23-8-10-29/h5-6,11,23H,7-10,12H2,1-4H3. The Morgan fingerprint density at radius 1 is 1.12 bits per heavy atom. The fourth-order valence-electron chi connectivity index (χ4n) is 4.21. The Balaban J connectivity index is 1.61. The molecule has 12 nitrogen and oxygen atoms in total. The third-order valence-corrected chi connectivity index (χ3v) is 6.14. The highest BCUT2D eigenvalue weighted by Crippen LogP contribution is 2.27. The topological polar surface area (TPSA) is 125 Å². The summed E-state index contributed by atoms with van der Waals surface area (Å²) in [5.74, 6) is 1.98. The van der Waals surface area contributed by atoms with Crippen LogP contribution in [-0.4, -0.2) is 62.2 Å². The average Bonchev–Trinajstić information content (AvgIpc) is 3.48. The van der Waals surface area contributed by atoms with Crippen LogP contribution in [0.3, 0.4) is 0 Å². The number of hydrogen-bond donors (Lipinski definition) is 1. The molecule has 0 amide bonds. The van der Waals surface area contributed by atoms with Crippen LogP contribution in [-0.2, 0) is 20.6 Å². The molecule has 0 radical (unpaired) electrons. The molecule has 1 aliphatic heterocycles. The molecule has 0 aliphatic carbocycles. The highest BCUT2D eigenvalue weighted by Gasteiger charge is 2.25. The fourth-order valence-corrected chi connectivity index (χ4v) is 4.21. The second kappa shape index (κ2) is 8.45. The van der Waals surface area contributed by atoms with E-state index in [1.165, 1.54) is 11.6 Å². The molecule has 0 spiro atoms. The second-order valence-electron chi connectivity index (χ2n) is 8.30. The number of imidazole rings is 1. The number of fused-ring (bicyclic) bond motifs is 1. The van der Waals surface area contributed by atoms with Crippen molar-refractivity contribution in [2.75, 3.05) is 38.2 Å². The summed E-state index contributed by atoms with van der Waals surface area (Å²) >= 11 is 0. The maximum Gasteiger partial charge on any atom is 0.332 e. The quantitative estimate of drug-likeness (QED) is 0.441. The van der Waals surface area contributed by atoms with Crippen LogP contribution in [0.4, 0.5) is 5.95 Å². The Labute approximate surface area is 194 Å². The van der Waals surface area contributed by atoms with E-state index in [0.29, 0.717) is 28.9 Å². The molecule has 1 saturated heterocycles. The van der Waals surface area contributed by atoms with E-state index in [9.17, 15) is 9.59 Å². The largest absolute Gasteiger partial charge is 0.496 e. The van der Waals surface area contributed by atoms with Crippen molar-refractivity contribution in [2.45, 2.75) is 13.5 Å². The minimum atomic E-state index is -0.428. The van der Waals surface area contributed by atoms with Crippen molar-refractivity contribution in [3.63, 3.8) is 0 Å². The Morgan fingerprint density at radius 2 is 1.88 bits per heavy atom. The van der Waals surface area contributed by atoms with E-state index in [0.717, 1.165) is 47.6 Å². The van der Waals surface area contributed by atoms with Crippen molar-refractivity contribution < 1.29 is 9.15 Å². The highest BCUT2D eigenvalue weighted by molar-refractivity contribution is 5.74. The fraction of sp³-hybridized carbons (Fsp3) is 0.409. The summed E-state index contributed by atoms with van der Waals surface area (Å²) in [6, 6.07) is 5.66. The molecule has 0 saturated carbocycles. The van der Waals surface area contributed by atoms with Crippen molar-refractivity contribution >= 4 is 17.1 Å². The van der Waals surface area contributed by atoms with E-state index < -0.39 is 11.2 Å². The number of nitrogens with one attached hydrogen (secondary N) is 1. The summed E-state index contributed by atoms with van der Waals surface area (Å²) in [6.45, 7) is 5.11. The molecule has 1 fully saturated rings. The van der Waals surface area contributed by atoms with Gasteiger partial charge in [-0.15, -0.1) is 10.2 Å². The Morgan fingerprint density at radius 3 is 2.62 bits per heavy atom. The first-order chi connectivity index (χ1) is 16.4. The number of anilines is 1. The number of piperazine rings is 1. The summed E-state index contributed by atoms with van der Waals surface area (Å²) in [5, 5.41) is 11.7. The lowest BCUT2D eigenvalue weighted by molar-refractivity contribution is 0.411. The van der Waals surface area contributed by atoms with Crippen LogP contribution in [0.2, 0.25) is 0 Å². The predicted octanol–water partition coefficient (Wildman–Crippen LogP) is 0.259. The molecule has 0 unspecified atom stereocenters. The maximum atomic E-state index is 13.1. The number of rotatable bonds is 5. The van der Waals surface area contributed by atoms with Gasteiger partial charge in [-0.3, -0.25) is 18.5 Å². The Bertz CT molecular complexity index is 1490. The monoisotopic (exact) mass is 466 g/mol. The van der Waals surface area contributed by atoms with Gasteiger partial charge in [0.2, 0.25) is 17.7 Å². The maximum absolute atomic E-state index is 13.1. The van der Waals surface area contributed by atoms with Crippen molar-refractivity contribution in [3.05, 3.63) is 50.5 Å². The van der Waals surface area contributed by atoms with Crippen LogP contribution in [0.5, 0.6) is 5.75 Å². The average molecular weight is 467 g/mol. The van der Waals surface area contributed by atoms with E-state index in [4.69, 9.17) is 14.1 Å². The number of aryl methyl sites for hydroxylation is 2. The van der Waals surface area contributed by atoms with Crippen LogP contribution in [0, 0.1) is 6.92 Å². The first kappa shape index (κ1) is 21.9. The first-order valence-electron chi connectivity index (χ1n) is 11.0. The Hall–Kier alpha value is -3.93. The van der Waals surface area contributed by atoms with Gasteiger partial charge in [0.25, 0.3) is 5.56 Å². The van der Waals surface area contributed by atoms with Crippen molar-refractivity contribution in [1.82, 2.24) is 34.2 Å². The van der Waals surface area contributed by atoms with Gasteiger partial charge in [0.15, 0.2) is 11.2 Å². The normalized spacial score (nSPS) is 14.2. The minimum absolute atomic E-state index is 0.138.